The summed E-state index contributed by atoms with van der Waals surface area (Å²) in [5.41, 5.74) is 0.721. The number of rotatable bonds is 6. The van der Waals surface area contributed by atoms with Crippen LogP contribution in [0.3, 0.4) is 0 Å². The number of sulfonamides is 1. The Morgan fingerprint density at radius 1 is 1.13 bits per heavy atom. The second-order valence-corrected chi connectivity index (χ2v) is 7.01. The molecule has 0 unspecified atom stereocenters. The molecular weight excluding hydrogens is 336 g/mol. The zero-order valence-electron chi connectivity index (χ0n) is 12.5. The average molecular weight is 353 g/mol. The van der Waals surface area contributed by atoms with Crippen LogP contribution in [0, 0.1) is 0 Å². The topological polar surface area (TPSA) is 75.3 Å². The van der Waals surface area contributed by atoms with Crippen LogP contribution in [0.2, 0.25) is 5.02 Å². The van der Waals surface area contributed by atoms with Crippen molar-refractivity contribution in [3.63, 3.8) is 0 Å². The lowest BCUT2D eigenvalue weighted by Gasteiger charge is -2.10. The van der Waals surface area contributed by atoms with Crippen molar-refractivity contribution >= 4 is 33.2 Å². The first kappa shape index (κ1) is 17.3. The summed E-state index contributed by atoms with van der Waals surface area (Å²) in [4.78, 5) is 12.0. The van der Waals surface area contributed by atoms with Crippen LogP contribution >= 0.6 is 11.6 Å². The minimum absolute atomic E-state index is 0.0998. The number of amides is 1. The maximum atomic E-state index is 12.3. The number of carbonyl (C=O) groups is 1. The van der Waals surface area contributed by atoms with Gasteiger partial charge in [-0.3, -0.25) is 9.52 Å². The predicted molar refractivity (Wildman–Crippen MR) is 91.3 cm³/mol. The largest absolute Gasteiger partial charge is 0.352 e. The van der Waals surface area contributed by atoms with Gasteiger partial charge in [-0.25, -0.2) is 8.42 Å². The number of halogens is 1. The summed E-state index contributed by atoms with van der Waals surface area (Å²) in [6, 6.07) is 12.2. The van der Waals surface area contributed by atoms with Gasteiger partial charge in [0.25, 0.3) is 15.9 Å². The molecule has 1 amide bonds. The molecule has 2 rings (SSSR count). The van der Waals surface area contributed by atoms with Crippen LogP contribution in [0.4, 0.5) is 5.69 Å². The van der Waals surface area contributed by atoms with E-state index in [0.29, 0.717) is 22.8 Å². The first-order valence-corrected chi connectivity index (χ1v) is 8.95. The third kappa shape index (κ3) is 4.71. The molecule has 122 valence electrons. The fourth-order valence-corrected chi connectivity index (χ4v) is 3.07. The highest BCUT2D eigenvalue weighted by Gasteiger charge is 2.15. The Balaban J connectivity index is 2.19. The van der Waals surface area contributed by atoms with Gasteiger partial charge in [0.15, 0.2) is 0 Å². The van der Waals surface area contributed by atoms with Gasteiger partial charge in [0.2, 0.25) is 0 Å². The maximum absolute atomic E-state index is 12.3. The minimum Gasteiger partial charge on any atom is -0.352 e. The van der Waals surface area contributed by atoms with E-state index in [2.05, 4.69) is 10.0 Å². The minimum atomic E-state index is -3.73. The third-order valence-corrected chi connectivity index (χ3v) is 4.69. The molecule has 5 nitrogen and oxygen atoms in total. The molecule has 7 heteroatoms. The molecule has 0 spiro atoms. The van der Waals surface area contributed by atoms with Crippen LogP contribution in [0.25, 0.3) is 0 Å². The first-order chi connectivity index (χ1) is 10.9. The maximum Gasteiger partial charge on any atom is 0.261 e. The van der Waals surface area contributed by atoms with Gasteiger partial charge in [-0.15, -0.1) is 0 Å². The van der Waals surface area contributed by atoms with Crippen LogP contribution in [0.5, 0.6) is 0 Å². The van der Waals surface area contributed by atoms with Crippen molar-refractivity contribution in [3.8, 4) is 0 Å². The molecule has 23 heavy (non-hydrogen) atoms. The van der Waals surface area contributed by atoms with Gasteiger partial charge >= 0.3 is 0 Å². The molecule has 0 saturated carbocycles. The van der Waals surface area contributed by atoms with Gasteiger partial charge < -0.3 is 5.32 Å². The lowest BCUT2D eigenvalue weighted by Crippen LogP contribution is -2.24. The summed E-state index contributed by atoms with van der Waals surface area (Å²) in [7, 11) is -3.73. The van der Waals surface area contributed by atoms with Gasteiger partial charge in [0.1, 0.15) is 0 Å². The summed E-state index contributed by atoms with van der Waals surface area (Å²) in [5.74, 6) is -0.237. The number of carbonyl (C=O) groups excluding carboxylic acids is 1. The van der Waals surface area contributed by atoms with Gasteiger partial charge in [-0.1, -0.05) is 24.6 Å². The van der Waals surface area contributed by atoms with Gasteiger partial charge in [0, 0.05) is 22.8 Å². The summed E-state index contributed by atoms with van der Waals surface area (Å²) < 4.78 is 27.1. The number of hydrogen-bond donors (Lipinski definition) is 2. The molecule has 2 N–H and O–H groups in total. The zero-order valence-corrected chi connectivity index (χ0v) is 14.1. The Morgan fingerprint density at radius 3 is 2.48 bits per heavy atom. The standard InChI is InChI=1S/C16H17ClN2O3S/c1-2-10-18-16(20)12-4-3-5-14(11-12)19-23(21,22)15-8-6-13(17)7-9-15/h3-9,11,19H,2,10H2,1H3,(H,18,20). The molecule has 2 aromatic rings. The summed E-state index contributed by atoms with van der Waals surface area (Å²) in [6.07, 6.45) is 0.828. The fraction of sp³-hybridized carbons (Fsp3) is 0.188. The third-order valence-electron chi connectivity index (χ3n) is 3.04. The Bertz CT molecular complexity index is 789. The highest BCUT2D eigenvalue weighted by Crippen LogP contribution is 2.19. The van der Waals surface area contributed by atoms with Crippen molar-refractivity contribution in [2.75, 3.05) is 11.3 Å². The smallest absolute Gasteiger partial charge is 0.261 e. The van der Waals surface area contributed by atoms with Crippen molar-refractivity contribution in [1.82, 2.24) is 5.32 Å². The second kappa shape index (κ2) is 7.48. The second-order valence-electron chi connectivity index (χ2n) is 4.90. The van der Waals surface area contributed by atoms with Crippen molar-refractivity contribution in [3.05, 3.63) is 59.1 Å². The van der Waals surface area contributed by atoms with E-state index < -0.39 is 10.0 Å². The normalized spacial score (nSPS) is 11.0. The molecule has 0 aromatic heterocycles. The highest BCUT2D eigenvalue weighted by molar-refractivity contribution is 7.92. The number of benzene rings is 2. The molecule has 0 aliphatic heterocycles. The van der Waals surface area contributed by atoms with Crippen molar-refractivity contribution < 1.29 is 13.2 Å². The lowest BCUT2D eigenvalue weighted by molar-refractivity contribution is 0.0953. The van der Waals surface area contributed by atoms with Crippen LogP contribution in [0.1, 0.15) is 23.7 Å². The molecule has 0 fully saturated rings. The molecule has 0 aliphatic rings. The van der Waals surface area contributed by atoms with E-state index >= 15 is 0 Å². The average Bonchev–Trinajstić information content (AvgIpc) is 2.53. The van der Waals surface area contributed by atoms with Crippen LogP contribution < -0.4 is 10.0 Å². The highest BCUT2D eigenvalue weighted by atomic mass is 35.5. The Morgan fingerprint density at radius 2 is 1.83 bits per heavy atom. The summed E-state index contributed by atoms with van der Waals surface area (Å²) in [6.45, 7) is 2.52. The van der Waals surface area contributed by atoms with Crippen molar-refractivity contribution in [1.29, 1.82) is 0 Å². The van der Waals surface area contributed by atoms with Gasteiger partial charge in [0.05, 0.1) is 4.90 Å². The van der Waals surface area contributed by atoms with Gasteiger partial charge in [-0.05, 0) is 48.9 Å². The molecule has 2 aromatic carbocycles. The van der Waals surface area contributed by atoms with Crippen LogP contribution in [-0.4, -0.2) is 20.9 Å². The van der Waals surface area contributed by atoms with E-state index in [1.54, 1.807) is 18.2 Å². The molecule has 0 heterocycles. The van der Waals surface area contributed by atoms with E-state index in [0.717, 1.165) is 6.42 Å². The number of hydrogen-bond acceptors (Lipinski definition) is 3. The Hall–Kier alpha value is -2.05. The fourth-order valence-electron chi connectivity index (χ4n) is 1.89. The molecule has 0 atom stereocenters. The Labute approximate surface area is 140 Å². The van der Waals surface area contributed by atoms with Crippen molar-refractivity contribution in [2.45, 2.75) is 18.2 Å². The summed E-state index contributed by atoms with van der Waals surface area (Å²) >= 11 is 5.76. The molecule has 0 radical (unpaired) electrons. The van der Waals surface area contributed by atoms with E-state index in [9.17, 15) is 13.2 Å². The number of nitrogens with one attached hydrogen (secondary N) is 2. The molecule has 0 saturated heterocycles. The summed E-state index contributed by atoms with van der Waals surface area (Å²) in [5, 5.41) is 3.20. The first-order valence-electron chi connectivity index (χ1n) is 7.09. The lowest BCUT2D eigenvalue weighted by atomic mass is 10.2. The monoisotopic (exact) mass is 352 g/mol. The number of anilines is 1. The molecular formula is C16H17ClN2O3S. The molecule has 0 aliphatic carbocycles. The van der Waals surface area contributed by atoms with Gasteiger partial charge in [-0.2, -0.15) is 0 Å². The Kier molecular flexibility index (Phi) is 5.63. The van der Waals surface area contributed by atoms with Crippen molar-refractivity contribution in [2.24, 2.45) is 0 Å². The van der Waals surface area contributed by atoms with E-state index in [4.69, 9.17) is 11.6 Å². The predicted octanol–water partition coefficient (Wildman–Crippen LogP) is 3.28. The van der Waals surface area contributed by atoms with E-state index in [-0.39, 0.29) is 10.8 Å². The zero-order chi connectivity index (χ0) is 16.9. The molecule has 0 bridgehead atoms. The van der Waals surface area contributed by atoms with Crippen LogP contribution in [0.15, 0.2) is 53.4 Å². The van der Waals surface area contributed by atoms with E-state index in [1.165, 1.54) is 30.3 Å². The SMILES string of the molecule is CCCNC(=O)c1cccc(NS(=O)(=O)c2ccc(Cl)cc2)c1. The van der Waals surface area contributed by atoms with E-state index in [1.807, 2.05) is 6.92 Å². The quantitative estimate of drug-likeness (QED) is 0.837. The van der Waals surface area contributed by atoms with Crippen LogP contribution in [-0.2, 0) is 10.0 Å².